The Hall–Kier alpha value is -3.32. The van der Waals surface area contributed by atoms with Gasteiger partial charge in [-0.05, 0) is 54.6 Å². The van der Waals surface area contributed by atoms with Crippen molar-refractivity contribution in [3.8, 4) is 5.69 Å². The van der Waals surface area contributed by atoms with Crippen LogP contribution in [0, 0.1) is 5.82 Å². The van der Waals surface area contributed by atoms with E-state index in [0.717, 1.165) is 0 Å². The molecule has 4 rings (SSSR count). The first-order chi connectivity index (χ1) is 12.6. The van der Waals surface area contributed by atoms with Crippen LogP contribution >= 0.6 is 11.6 Å². The minimum absolute atomic E-state index is 0.133. The van der Waals surface area contributed by atoms with Gasteiger partial charge >= 0.3 is 0 Å². The van der Waals surface area contributed by atoms with Crippen molar-refractivity contribution in [1.82, 2.24) is 20.0 Å². The molecule has 6 nitrogen and oxygen atoms in total. The summed E-state index contributed by atoms with van der Waals surface area (Å²) in [5, 5.41) is 11.6. The Kier molecular flexibility index (Phi) is 4.06. The predicted octanol–water partition coefficient (Wildman–Crippen LogP) is 3.86. The third-order valence-electron chi connectivity index (χ3n) is 3.70. The van der Waals surface area contributed by atoms with Crippen molar-refractivity contribution >= 4 is 34.2 Å². The van der Waals surface area contributed by atoms with Gasteiger partial charge in [-0.15, -0.1) is 10.2 Å². The molecule has 8 heteroatoms. The fourth-order valence-corrected chi connectivity index (χ4v) is 2.64. The van der Waals surface area contributed by atoms with Gasteiger partial charge in [-0.3, -0.25) is 4.79 Å². The Bertz CT molecular complexity index is 1110. The highest BCUT2D eigenvalue weighted by Crippen LogP contribution is 2.19. The summed E-state index contributed by atoms with van der Waals surface area (Å²) in [6.45, 7) is 0. The maximum absolute atomic E-state index is 13.0. The molecule has 1 amide bonds. The van der Waals surface area contributed by atoms with Crippen LogP contribution in [0.1, 0.15) is 10.4 Å². The van der Waals surface area contributed by atoms with Crippen molar-refractivity contribution < 1.29 is 9.18 Å². The van der Waals surface area contributed by atoms with Gasteiger partial charge in [-0.1, -0.05) is 11.6 Å². The molecule has 128 valence electrons. The molecule has 26 heavy (non-hydrogen) atoms. The van der Waals surface area contributed by atoms with Crippen LogP contribution < -0.4 is 5.32 Å². The van der Waals surface area contributed by atoms with Crippen LogP contribution in [0.25, 0.3) is 16.7 Å². The molecule has 0 unspecified atom stereocenters. The lowest BCUT2D eigenvalue weighted by atomic mass is 10.2. The largest absolute Gasteiger partial charge is 0.322 e. The van der Waals surface area contributed by atoms with E-state index in [-0.39, 0.29) is 22.4 Å². The van der Waals surface area contributed by atoms with Crippen LogP contribution in [-0.4, -0.2) is 25.9 Å². The van der Waals surface area contributed by atoms with Crippen LogP contribution in [0.5, 0.6) is 0 Å². The lowest BCUT2D eigenvalue weighted by molar-refractivity contribution is 0.102. The third-order valence-corrected chi connectivity index (χ3v) is 4.00. The molecule has 0 bridgehead atoms. The second-order valence-electron chi connectivity index (χ2n) is 5.47. The van der Waals surface area contributed by atoms with E-state index in [9.17, 15) is 9.18 Å². The van der Waals surface area contributed by atoms with Crippen LogP contribution in [0.2, 0.25) is 5.15 Å². The number of aromatic nitrogens is 4. The molecule has 0 saturated carbocycles. The average molecular weight is 368 g/mol. The van der Waals surface area contributed by atoms with Crippen molar-refractivity contribution in [3.05, 3.63) is 77.3 Å². The number of carbonyl (C=O) groups is 1. The smallest absolute Gasteiger partial charge is 0.258 e. The Balaban J connectivity index is 1.62. The molecular formula is C18H11ClFN5O. The number of carbonyl (C=O) groups excluding carboxylic acids is 1. The van der Waals surface area contributed by atoms with Gasteiger partial charge in [0.25, 0.3) is 5.91 Å². The lowest BCUT2D eigenvalue weighted by Gasteiger charge is -2.05. The lowest BCUT2D eigenvalue weighted by Crippen LogP contribution is -2.12. The molecule has 2 heterocycles. The molecule has 0 radical (unpaired) electrons. The molecule has 0 atom stereocenters. The molecule has 1 N–H and O–H groups in total. The summed E-state index contributed by atoms with van der Waals surface area (Å²) in [5.41, 5.74) is 2.70. The van der Waals surface area contributed by atoms with Gasteiger partial charge in [0.2, 0.25) is 0 Å². The highest BCUT2D eigenvalue weighted by atomic mass is 35.5. The minimum Gasteiger partial charge on any atom is -0.322 e. The van der Waals surface area contributed by atoms with E-state index >= 15 is 0 Å². The van der Waals surface area contributed by atoms with E-state index in [1.54, 1.807) is 42.5 Å². The number of pyridine rings is 1. The summed E-state index contributed by atoms with van der Waals surface area (Å²) in [7, 11) is 0. The highest BCUT2D eigenvalue weighted by Gasteiger charge is 2.12. The molecule has 0 saturated heterocycles. The topological polar surface area (TPSA) is 72.7 Å². The molecule has 2 aromatic heterocycles. The molecule has 0 aliphatic carbocycles. The second-order valence-corrected chi connectivity index (χ2v) is 5.82. The van der Waals surface area contributed by atoms with Crippen LogP contribution in [-0.2, 0) is 0 Å². The molecular weight excluding hydrogens is 357 g/mol. The van der Waals surface area contributed by atoms with E-state index < -0.39 is 0 Å². The number of nitrogens with zero attached hydrogens (tertiary/aromatic N) is 4. The fourth-order valence-electron chi connectivity index (χ4n) is 2.44. The van der Waals surface area contributed by atoms with E-state index in [1.807, 2.05) is 0 Å². The average Bonchev–Trinajstić information content (AvgIpc) is 3.06. The van der Waals surface area contributed by atoms with Gasteiger partial charge in [0, 0.05) is 11.9 Å². The van der Waals surface area contributed by atoms with Crippen molar-refractivity contribution in [1.29, 1.82) is 0 Å². The summed E-state index contributed by atoms with van der Waals surface area (Å²) in [6.07, 6.45) is 1.51. The first-order valence-corrected chi connectivity index (χ1v) is 8.03. The zero-order valence-electron chi connectivity index (χ0n) is 13.2. The number of anilines is 1. The normalized spacial score (nSPS) is 10.8. The number of hydrogen-bond acceptors (Lipinski definition) is 4. The maximum atomic E-state index is 13.0. The SMILES string of the molecule is O=C(Nc1ccc2nn(-c3ccc(F)cc3)nc2c1)c1cccnc1Cl. The molecule has 2 aromatic carbocycles. The van der Waals surface area contributed by atoms with Gasteiger partial charge in [-0.2, -0.15) is 4.80 Å². The standard InChI is InChI=1S/C18H11ClFN5O/c19-17-14(2-1-9-21-17)18(26)22-12-5-8-15-16(10-12)24-25(23-15)13-6-3-11(20)4-7-13/h1-10H,(H,22,26). The van der Waals surface area contributed by atoms with E-state index in [2.05, 4.69) is 20.5 Å². The summed E-state index contributed by atoms with van der Waals surface area (Å²) in [6, 6.07) is 14.2. The third kappa shape index (κ3) is 3.12. The van der Waals surface area contributed by atoms with Gasteiger partial charge in [-0.25, -0.2) is 9.37 Å². The Labute approximate surface area is 152 Å². The van der Waals surface area contributed by atoms with Crippen LogP contribution in [0.3, 0.4) is 0 Å². The zero-order chi connectivity index (χ0) is 18.1. The van der Waals surface area contributed by atoms with Crippen molar-refractivity contribution in [2.75, 3.05) is 5.32 Å². The van der Waals surface area contributed by atoms with E-state index in [4.69, 9.17) is 11.6 Å². The van der Waals surface area contributed by atoms with Crippen LogP contribution in [0.4, 0.5) is 10.1 Å². The summed E-state index contributed by atoms with van der Waals surface area (Å²) in [5.74, 6) is -0.696. The monoisotopic (exact) mass is 367 g/mol. The molecule has 0 spiro atoms. The van der Waals surface area contributed by atoms with Gasteiger partial charge in [0.05, 0.1) is 11.3 Å². The molecule has 0 aliphatic heterocycles. The number of hydrogen-bond donors (Lipinski definition) is 1. The van der Waals surface area contributed by atoms with Crippen molar-refractivity contribution in [2.24, 2.45) is 0 Å². The first-order valence-electron chi connectivity index (χ1n) is 7.65. The fraction of sp³-hybridized carbons (Fsp3) is 0. The number of benzene rings is 2. The number of fused-ring (bicyclic) bond motifs is 1. The zero-order valence-corrected chi connectivity index (χ0v) is 14.0. The van der Waals surface area contributed by atoms with Gasteiger partial charge < -0.3 is 5.32 Å². The summed E-state index contributed by atoms with van der Waals surface area (Å²) < 4.78 is 13.0. The molecule has 4 aromatic rings. The Morgan fingerprint density at radius 3 is 2.58 bits per heavy atom. The van der Waals surface area contributed by atoms with Gasteiger partial charge in [0.1, 0.15) is 22.0 Å². The summed E-state index contributed by atoms with van der Waals surface area (Å²) in [4.78, 5) is 17.6. The van der Waals surface area contributed by atoms with Crippen molar-refractivity contribution in [3.63, 3.8) is 0 Å². The Morgan fingerprint density at radius 2 is 1.81 bits per heavy atom. The first kappa shape index (κ1) is 16.2. The van der Waals surface area contributed by atoms with E-state index in [0.29, 0.717) is 22.4 Å². The Morgan fingerprint density at radius 1 is 1.04 bits per heavy atom. The molecule has 0 aliphatic rings. The molecule has 0 fully saturated rings. The number of nitrogens with one attached hydrogen (secondary N) is 1. The minimum atomic E-state index is -0.367. The van der Waals surface area contributed by atoms with Crippen LogP contribution in [0.15, 0.2) is 60.8 Å². The summed E-state index contributed by atoms with van der Waals surface area (Å²) >= 11 is 5.94. The van der Waals surface area contributed by atoms with Crippen molar-refractivity contribution in [2.45, 2.75) is 0 Å². The second kappa shape index (κ2) is 6.53. The number of halogens is 2. The quantitative estimate of drug-likeness (QED) is 0.558. The number of rotatable bonds is 3. The maximum Gasteiger partial charge on any atom is 0.258 e. The van der Waals surface area contributed by atoms with E-state index in [1.165, 1.54) is 23.1 Å². The predicted molar refractivity (Wildman–Crippen MR) is 96.0 cm³/mol. The highest BCUT2D eigenvalue weighted by molar-refractivity contribution is 6.33. The van der Waals surface area contributed by atoms with Gasteiger partial charge in [0.15, 0.2) is 0 Å². The number of amides is 1.